The summed E-state index contributed by atoms with van der Waals surface area (Å²) in [4.78, 5) is 0. The molecule has 0 spiro atoms. The molecule has 1 aromatic carbocycles. The molecule has 1 aromatic rings. The highest BCUT2D eigenvalue weighted by atomic mass is 35.5. The monoisotopic (exact) mass is 255 g/mol. The summed E-state index contributed by atoms with van der Waals surface area (Å²) in [5.41, 5.74) is 7.65. The first kappa shape index (κ1) is 12.5. The van der Waals surface area contributed by atoms with Gasteiger partial charge < -0.3 is 15.2 Å². The highest BCUT2D eigenvalue weighted by molar-refractivity contribution is 6.32. The van der Waals surface area contributed by atoms with E-state index < -0.39 is 0 Å². The van der Waals surface area contributed by atoms with Gasteiger partial charge in [-0.05, 0) is 37.4 Å². The smallest absolute Gasteiger partial charge is 0.165 e. The zero-order chi connectivity index (χ0) is 12.4. The van der Waals surface area contributed by atoms with Crippen molar-refractivity contribution in [1.29, 1.82) is 0 Å². The summed E-state index contributed by atoms with van der Waals surface area (Å²) >= 11 is 6.38. The summed E-state index contributed by atoms with van der Waals surface area (Å²) in [5, 5.41) is 0.773. The lowest BCUT2D eigenvalue weighted by Crippen LogP contribution is -2.17. The van der Waals surface area contributed by atoms with E-state index in [1.165, 1.54) is 0 Å². The van der Waals surface area contributed by atoms with Crippen molar-refractivity contribution in [3.8, 4) is 11.5 Å². The molecule has 0 saturated carbocycles. The molecule has 0 fully saturated rings. The molecule has 0 saturated heterocycles. The van der Waals surface area contributed by atoms with Gasteiger partial charge in [0.05, 0.1) is 5.02 Å². The van der Waals surface area contributed by atoms with Crippen LogP contribution >= 0.6 is 11.6 Å². The normalized spacial score (nSPS) is 15.8. The van der Waals surface area contributed by atoms with Crippen LogP contribution in [0.1, 0.15) is 30.4 Å². The van der Waals surface area contributed by atoms with Crippen LogP contribution in [-0.2, 0) is 0 Å². The molecule has 2 N–H and O–H groups in total. The largest absolute Gasteiger partial charge is 0.486 e. The van der Waals surface area contributed by atoms with Crippen LogP contribution in [0, 0.1) is 6.92 Å². The van der Waals surface area contributed by atoms with E-state index in [4.69, 9.17) is 26.8 Å². The molecule has 1 aliphatic heterocycles. The summed E-state index contributed by atoms with van der Waals surface area (Å²) in [6.07, 6.45) is 0.915. The third-order valence-electron chi connectivity index (χ3n) is 3.15. The van der Waals surface area contributed by atoms with Crippen LogP contribution in [-0.4, -0.2) is 19.8 Å². The summed E-state index contributed by atoms with van der Waals surface area (Å²) in [5.74, 6) is 1.92. The van der Waals surface area contributed by atoms with Crippen molar-refractivity contribution in [3.63, 3.8) is 0 Å². The fourth-order valence-electron chi connectivity index (χ4n) is 2.12. The summed E-state index contributed by atoms with van der Waals surface area (Å²) < 4.78 is 11.2. The summed E-state index contributed by atoms with van der Waals surface area (Å²) in [6.45, 7) is 5.93. The second kappa shape index (κ2) is 5.15. The molecular formula is C13H18ClNO2. The molecule has 1 unspecified atom stereocenters. The molecule has 4 heteroatoms. The minimum atomic E-state index is 0.335. The average Bonchev–Trinajstić information content (AvgIpc) is 2.34. The third-order valence-corrected chi connectivity index (χ3v) is 3.65. The Balaban J connectivity index is 2.43. The number of fused-ring (bicyclic) bond motifs is 1. The molecule has 1 atom stereocenters. The molecule has 0 radical (unpaired) electrons. The maximum Gasteiger partial charge on any atom is 0.165 e. The van der Waals surface area contributed by atoms with E-state index in [2.05, 4.69) is 6.92 Å². The minimum Gasteiger partial charge on any atom is -0.486 e. The minimum absolute atomic E-state index is 0.335. The van der Waals surface area contributed by atoms with Gasteiger partial charge in [0.25, 0.3) is 0 Å². The van der Waals surface area contributed by atoms with Gasteiger partial charge in [0.2, 0.25) is 0 Å². The van der Waals surface area contributed by atoms with Crippen molar-refractivity contribution in [3.05, 3.63) is 22.2 Å². The van der Waals surface area contributed by atoms with Gasteiger partial charge in [-0.1, -0.05) is 18.5 Å². The van der Waals surface area contributed by atoms with Gasteiger partial charge in [0.15, 0.2) is 11.5 Å². The van der Waals surface area contributed by atoms with E-state index in [9.17, 15) is 0 Å². The van der Waals surface area contributed by atoms with Crippen molar-refractivity contribution >= 4 is 11.6 Å². The number of benzene rings is 1. The first-order chi connectivity index (χ1) is 8.15. The van der Waals surface area contributed by atoms with Crippen LogP contribution in [0.25, 0.3) is 0 Å². The lowest BCUT2D eigenvalue weighted by Gasteiger charge is -2.24. The van der Waals surface area contributed by atoms with Crippen LogP contribution in [0.2, 0.25) is 5.02 Å². The third kappa shape index (κ3) is 2.35. The molecule has 17 heavy (non-hydrogen) atoms. The number of hydrogen-bond acceptors (Lipinski definition) is 3. The molecule has 0 aliphatic carbocycles. The topological polar surface area (TPSA) is 44.5 Å². The van der Waals surface area contributed by atoms with Crippen molar-refractivity contribution in [2.24, 2.45) is 5.73 Å². The Kier molecular flexibility index (Phi) is 3.79. The van der Waals surface area contributed by atoms with E-state index in [0.717, 1.165) is 34.1 Å². The van der Waals surface area contributed by atoms with Gasteiger partial charge in [-0.2, -0.15) is 0 Å². The first-order valence-corrected chi connectivity index (χ1v) is 6.31. The molecule has 1 aliphatic rings. The zero-order valence-corrected chi connectivity index (χ0v) is 11.0. The van der Waals surface area contributed by atoms with Gasteiger partial charge in [0, 0.05) is 5.56 Å². The lowest BCUT2D eigenvalue weighted by atomic mass is 9.95. The highest BCUT2D eigenvalue weighted by Gasteiger charge is 2.21. The highest BCUT2D eigenvalue weighted by Crippen LogP contribution is 2.42. The summed E-state index contributed by atoms with van der Waals surface area (Å²) in [7, 11) is 0. The number of halogens is 1. The second-order valence-corrected chi connectivity index (χ2v) is 4.79. The van der Waals surface area contributed by atoms with E-state index in [0.29, 0.717) is 25.7 Å². The average molecular weight is 256 g/mol. The Morgan fingerprint density at radius 2 is 2.12 bits per heavy atom. The van der Waals surface area contributed by atoms with Crippen LogP contribution < -0.4 is 15.2 Å². The molecule has 94 valence electrons. The second-order valence-electron chi connectivity index (χ2n) is 4.41. The Morgan fingerprint density at radius 3 is 2.82 bits per heavy atom. The quantitative estimate of drug-likeness (QED) is 0.903. The van der Waals surface area contributed by atoms with Gasteiger partial charge in [-0.3, -0.25) is 0 Å². The first-order valence-electron chi connectivity index (χ1n) is 5.93. The Labute approximate surface area is 107 Å². The number of rotatable bonds is 3. The maximum absolute atomic E-state index is 6.38. The van der Waals surface area contributed by atoms with Crippen LogP contribution in [0.5, 0.6) is 11.5 Å². The van der Waals surface area contributed by atoms with Crippen molar-refractivity contribution < 1.29 is 9.47 Å². The van der Waals surface area contributed by atoms with E-state index in [-0.39, 0.29) is 0 Å². The number of hydrogen-bond donors (Lipinski definition) is 1. The van der Waals surface area contributed by atoms with E-state index >= 15 is 0 Å². The Morgan fingerprint density at radius 1 is 1.41 bits per heavy atom. The molecule has 0 amide bonds. The number of ether oxygens (including phenoxy) is 2. The van der Waals surface area contributed by atoms with Crippen molar-refractivity contribution in [1.82, 2.24) is 0 Å². The predicted molar refractivity (Wildman–Crippen MR) is 69.3 cm³/mol. The molecule has 0 bridgehead atoms. The Bertz CT molecular complexity index is 420. The Hall–Kier alpha value is -0.930. The van der Waals surface area contributed by atoms with E-state index in [1.54, 1.807) is 0 Å². The SMILES string of the molecule is Cc1c(Cl)c(C(C)CCN)cc2c1OCCO2. The van der Waals surface area contributed by atoms with Crippen LogP contribution in [0.4, 0.5) is 0 Å². The fourth-order valence-corrected chi connectivity index (χ4v) is 2.44. The van der Waals surface area contributed by atoms with Crippen molar-refractivity contribution in [2.75, 3.05) is 19.8 Å². The van der Waals surface area contributed by atoms with Gasteiger partial charge >= 0.3 is 0 Å². The maximum atomic E-state index is 6.38. The lowest BCUT2D eigenvalue weighted by molar-refractivity contribution is 0.170. The van der Waals surface area contributed by atoms with Crippen LogP contribution in [0.15, 0.2) is 6.07 Å². The van der Waals surface area contributed by atoms with Gasteiger partial charge in [-0.25, -0.2) is 0 Å². The molecule has 2 rings (SSSR count). The summed E-state index contributed by atoms with van der Waals surface area (Å²) in [6, 6.07) is 1.99. The zero-order valence-electron chi connectivity index (χ0n) is 10.3. The molecule has 1 heterocycles. The van der Waals surface area contributed by atoms with Gasteiger partial charge in [0.1, 0.15) is 13.2 Å². The van der Waals surface area contributed by atoms with Crippen molar-refractivity contribution in [2.45, 2.75) is 26.2 Å². The molecule has 0 aromatic heterocycles. The predicted octanol–water partition coefficient (Wildman–Crippen LogP) is 2.87. The molecule has 3 nitrogen and oxygen atoms in total. The standard InChI is InChI=1S/C13H18ClNO2/c1-8(3-4-15)10-7-11-13(9(2)12(10)14)17-6-5-16-11/h7-8H,3-6,15H2,1-2H3. The van der Waals surface area contributed by atoms with E-state index in [1.807, 2.05) is 13.0 Å². The van der Waals surface area contributed by atoms with Gasteiger partial charge in [-0.15, -0.1) is 0 Å². The van der Waals surface area contributed by atoms with Crippen LogP contribution in [0.3, 0.4) is 0 Å². The number of nitrogens with two attached hydrogens (primary N) is 1. The molecular weight excluding hydrogens is 238 g/mol. The fraction of sp³-hybridized carbons (Fsp3) is 0.538.